The summed E-state index contributed by atoms with van der Waals surface area (Å²) in [6, 6.07) is 7.49. The van der Waals surface area contributed by atoms with Crippen molar-refractivity contribution in [1.29, 1.82) is 0 Å². The number of methoxy groups -OCH3 is 1. The van der Waals surface area contributed by atoms with Crippen molar-refractivity contribution in [2.24, 2.45) is 0 Å². The molecule has 0 radical (unpaired) electrons. The van der Waals surface area contributed by atoms with E-state index < -0.39 is 0 Å². The van der Waals surface area contributed by atoms with E-state index in [0.717, 1.165) is 12.0 Å². The maximum absolute atomic E-state index is 12.4. The standard InChI is InChI=1S/C15H21NO3/c1-4-9-16(10-8-14(17)19-3)15(18)13-7-5-6-12(2)11-13/h5-7,11H,4,8-10H2,1-3H3. The lowest BCUT2D eigenvalue weighted by molar-refractivity contribution is -0.140. The number of amides is 1. The monoisotopic (exact) mass is 263 g/mol. The first-order chi connectivity index (χ1) is 9.08. The molecule has 0 unspecified atom stereocenters. The van der Waals surface area contributed by atoms with Gasteiger partial charge in [-0.25, -0.2) is 0 Å². The second-order valence-corrected chi connectivity index (χ2v) is 4.49. The van der Waals surface area contributed by atoms with Crippen LogP contribution in [0.25, 0.3) is 0 Å². The molecule has 104 valence electrons. The molecule has 0 spiro atoms. The van der Waals surface area contributed by atoms with Crippen LogP contribution in [0.5, 0.6) is 0 Å². The predicted molar refractivity (Wildman–Crippen MR) is 74.0 cm³/mol. The molecule has 19 heavy (non-hydrogen) atoms. The van der Waals surface area contributed by atoms with E-state index in [9.17, 15) is 9.59 Å². The molecule has 0 fully saturated rings. The van der Waals surface area contributed by atoms with Crippen molar-refractivity contribution < 1.29 is 14.3 Å². The zero-order valence-electron chi connectivity index (χ0n) is 11.8. The van der Waals surface area contributed by atoms with Gasteiger partial charge < -0.3 is 9.64 Å². The van der Waals surface area contributed by atoms with E-state index in [-0.39, 0.29) is 18.3 Å². The number of esters is 1. The Kier molecular flexibility index (Phi) is 6.06. The molecule has 0 aliphatic carbocycles. The van der Waals surface area contributed by atoms with E-state index in [1.54, 1.807) is 11.0 Å². The molecule has 0 saturated heterocycles. The Labute approximate surface area is 114 Å². The zero-order chi connectivity index (χ0) is 14.3. The van der Waals surface area contributed by atoms with Gasteiger partial charge in [-0.15, -0.1) is 0 Å². The molecule has 0 aliphatic rings. The summed E-state index contributed by atoms with van der Waals surface area (Å²) >= 11 is 0. The molecule has 4 heteroatoms. The van der Waals surface area contributed by atoms with Crippen LogP contribution in [0, 0.1) is 6.92 Å². The fourth-order valence-electron chi connectivity index (χ4n) is 1.87. The Morgan fingerprint density at radius 2 is 2.00 bits per heavy atom. The highest BCUT2D eigenvalue weighted by Crippen LogP contribution is 2.09. The second-order valence-electron chi connectivity index (χ2n) is 4.49. The number of aryl methyl sites for hydroxylation is 1. The number of benzene rings is 1. The smallest absolute Gasteiger partial charge is 0.307 e. The van der Waals surface area contributed by atoms with Gasteiger partial charge in [0.1, 0.15) is 0 Å². The first kappa shape index (κ1) is 15.2. The molecule has 4 nitrogen and oxygen atoms in total. The number of hydrogen-bond acceptors (Lipinski definition) is 3. The molecular formula is C15H21NO3. The minimum absolute atomic E-state index is 0.0329. The number of ether oxygens (including phenoxy) is 1. The van der Waals surface area contributed by atoms with Crippen LogP contribution >= 0.6 is 0 Å². The lowest BCUT2D eigenvalue weighted by Crippen LogP contribution is -2.33. The van der Waals surface area contributed by atoms with Crippen molar-refractivity contribution in [2.75, 3.05) is 20.2 Å². The van der Waals surface area contributed by atoms with Crippen molar-refractivity contribution >= 4 is 11.9 Å². The molecule has 0 N–H and O–H groups in total. The highest BCUT2D eigenvalue weighted by molar-refractivity contribution is 5.94. The fraction of sp³-hybridized carbons (Fsp3) is 0.467. The topological polar surface area (TPSA) is 46.6 Å². The van der Waals surface area contributed by atoms with E-state index in [2.05, 4.69) is 4.74 Å². The summed E-state index contributed by atoms with van der Waals surface area (Å²) in [5.41, 5.74) is 1.72. The average molecular weight is 263 g/mol. The van der Waals surface area contributed by atoms with Gasteiger partial charge >= 0.3 is 5.97 Å². The summed E-state index contributed by atoms with van der Waals surface area (Å²) in [5.74, 6) is -0.326. The molecule has 0 aliphatic heterocycles. The number of hydrogen-bond donors (Lipinski definition) is 0. The van der Waals surface area contributed by atoms with Gasteiger partial charge in [-0.1, -0.05) is 24.6 Å². The van der Waals surface area contributed by atoms with Gasteiger partial charge in [0.15, 0.2) is 0 Å². The number of carbonyl (C=O) groups is 2. The highest BCUT2D eigenvalue weighted by atomic mass is 16.5. The summed E-state index contributed by atoms with van der Waals surface area (Å²) in [7, 11) is 1.36. The van der Waals surface area contributed by atoms with E-state index in [4.69, 9.17) is 0 Å². The third kappa shape index (κ3) is 4.73. The number of carbonyl (C=O) groups excluding carboxylic acids is 2. The first-order valence-corrected chi connectivity index (χ1v) is 6.51. The molecular weight excluding hydrogens is 242 g/mol. The normalized spacial score (nSPS) is 10.1. The highest BCUT2D eigenvalue weighted by Gasteiger charge is 2.16. The third-order valence-corrected chi connectivity index (χ3v) is 2.86. The van der Waals surface area contributed by atoms with Gasteiger partial charge in [-0.2, -0.15) is 0 Å². The van der Waals surface area contributed by atoms with Crippen LogP contribution in [0.2, 0.25) is 0 Å². The van der Waals surface area contributed by atoms with Gasteiger partial charge in [0.2, 0.25) is 0 Å². The summed E-state index contributed by atoms with van der Waals surface area (Å²) in [6.07, 6.45) is 1.09. The fourth-order valence-corrected chi connectivity index (χ4v) is 1.87. The maximum Gasteiger partial charge on any atom is 0.307 e. The summed E-state index contributed by atoms with van der Waals surface area (Å²) in [5, 5.41) is 0. The summed E-state index contributed by atoms with van der Waals surface area (Å²) < 4.78 is 4.61. The van der Waals surface area contributed by atoms with Crippen LogP contribution in [-0.4, -0.2) is 37.0 Å². The molecule has 1 rings (SSSR count). The molecule has 1 aromatic carbocycles. The van der Waals surface area contributed by atoms with Gasteiger partial charge in [-0.3, -0.25) is 9.59 Å². The molecule has 1 aromatic rings. The van der Waals surface area contributed by atoms with Crippen LogP contribution in [0.3, 0.4) is 0 Å². The Morgan fingerprint density at radius 1 is 1.26 bits per heavy atom. The van der Waals surface area contributed by atoms with Crippen LogP contribution in [0.1, 0.15) is 35.7 Å². The molecule has 0 heterocycles. The minimum atomic E-state index is -0.293. The van der Waals surface area contributed by atoms with Crippen molar-refractivity contribution in [3.8, 4) is 0 Å². The third-order valence-electron chi connectivity index (χ3n) is 2.86. The Morgan fingerprint density at radius 3 is 2.58 bits per heavy atom. The summed E-state index contributed by atoms with van der Waals surface area (Å²) in [6.45, 7) is 5.00. The molecule has 0 saturated carbocycles. The molecule has 0 atom stereocenters. The average Bonchev–Trinajstić information content (AvgIpc) is 2.42. The maximum atomic E-state index is 12.4. The van der Waals surface area contributed by atoms with Crippen LogP contribution in [-0.2, 0) is 9.53 Å². The van der Waals surface area contributed by atoms with Gasteiger partial charge in [0.25, 0.3) is 5.91 Å². The van der Waals surface area contributed by atoms with E-state index >= 15 is 0 Å². The summed E-state index contributed by atoms with van der Waals surface area (Å²) in [4.78, 5) is 25.2. The quantitative estimate of drug-likeness (QED) is 0.740. The minimum Gasteiger partial charge on any atom is -0.469 e. The number of rotatable bonds is 6. The van der Waals surface area contributed by atoms with E-state index in [1.165, 1.54) is 7.11 Å². The molecule has 1 amide bonds. The van der Waals surface area contributed by atoms with Gasteiger partial charge in [0, 0.05) is 18.7 Å². The Hall–Kier alpha value is -1.84. The van der Waals surface area contributed by atoms with Crippen molar-refractivity contribution in [3.05, 3.63) is 35.4 Å². The van der Waals surface area contributed by atoms with Crippen molar-refractivity contribution in [2.45, 2.75) is 26.7 Å². The largest absolute Gasteiger partial charge is 0.469 e. The van der Waals surface area contributed by atoms with Crippen LogP contribution < -0.4 is 0 Å². The van der Waals surface area contributed by atoms with Crippen molar-refractivity contribution in [1.82, 2.24) is 4.90 Å². The van der Waals surface area contributed by atoms with Crippen LogP contribution in [0.15, 0.2) is 24.3 Å². The van der Waals surface area contributed by atoms with Crippen LogP contribution in [0.4, 0.5) is 0 Å². The predicted octanol–water partition coefficient (Wildman–Crippen LogP) is 2.41. The first-order valence-electron chi connectivity index (χ1n) is 6.51. The van der Waals surface area contributed by atoms with Gasteiger partial charge in [0.05, 0.1) is 13.5 Å². The molecule has 0 bridgehead atoms. The van der Waals surface area contributed by atoms with E-state index in [0.29, 0.717) is 18.7 Å². The Balaban J connectivity index is 2.74. The SMILES string of the molecule is CCCN(CCC(=O)OC)C(=O)c1cccc(C)c1. The molecule has 0 aromatic heterocycles. The number of nitrogens with zero attached hydrogens (tertiary/aromatic N) is 1. The van der Waals surface area contributed by atoms with Crippen molar-refractivity contribution in [3.63, 3.8) is 0 Å². The van der Waals surface area contributed by atoms with Gasteiger partial charge in [-0.05, 0) is 25.5 Å². The lowest BCUT2D eigenvalue weighted by atomic mass is 10.1. The lowest BCUT2D eigenvalue weighted by Gasteiger charge is -2.21. The zero-order valence-corrected chi connectivity index (χ0v) is 11.8. The van der Waals surface area contributed by atoms with E-state index in [1.807, 2.05) is 32.0 Å². The second kappa shape index (κ2) is 7.56. The Bertz CT molecular complexity index is 443.